The molecule has 2 aromatic rings. The van der Waals surface area contributed by atoms with Gasteiger partial charge in [-0.2, -0.15) is 0 Å². The number of anilines is 1. The highest BCUT2D eigenvalue weighted by Gasteiger charge is 2.54. The number of aromatic nitrogens is 2. The molecule has 2 atom stereocenters. The van der Waals surface area contributed by atoms with E-state index in [0.717, 1.165) is 16.2 Å². The Kier molecular flexibility index (Phi) is 7.16. The molecule has 4 rings (SSSR count). The van der Waals surface area contributed by atoms with Crippen molar-refractivity contribution >= 4 is 74.8 Å². The number of carbonyl (C=O) groups is 3. The topological polar surface area (TPSA) is 160 Å². The lowest BCUT2D eigenvalue weighted by Crippen LogP contribution is -2.71. The number of carboxylic acid groups (broad SMARTS) is 1. The van der Waals surface area contributed by atoms with Crippen LogP contribution >= 0.6 is 46.2 Å². The van der Waals surface area contributed by atoms with Crippen molar-refractivity contribution in [2.75, 3.05) is 24.8 Å². The van der Waals surface area contributed by atoms with Crippen molar-refractivity contribution in [3.05, 3.63) is 33.3 Å². The van der Waals surface area contributed by atoms with E-state index in [4.69, 9.17) is 10.6 Å². The van der Waals surface area contributed by atoms with Crippen LogP contribution in [-0.4, -0.2) is 73.9 Å². The third kappa shape index (κ3) is 4.83. The van der Waals surface area contributed by atoms with E-state index in [1.165, 1.54) is 40.2 Å². The van der Waals surface area contributed by atoms with Gasteiger partial charge in [0.25, 0.3) is 11.8 Å². The third-order valence-corrected chi connectivity index (χ3v) is 8.45. The molecule has 0 spiro atoms. The number of carbonyl (C=O) groups excluding carboxylic acids is 2. The Morgan fingerprint density at radius 1 is 1.45 bits per heavy atom. The number of thioether (sulfide) groups is 2. The zero-order valence-corrected chi connectivity index (χ0v) is 19.7. The number of nitrogens with one attached hydrogen (secondary N) is 1. The molecule has 174 valence electrons. The molecule has 2 aromatic heterocycles. The Hall–Kier alpha value is -2.69. The highest BCUT2D eigenvalue weighted by molar-refractivity contribution is 8.07. The van der Waals surface area contributed by atoms with Crippen molar-refractivity contribution in [1.29, 1.82) is 0 Å². The molecule has 11 nitrogen and oxygen atoms in total. The number of nitrogens with zero attached hydrogens (tertiary/aromatic N) is 4. The second-order valence-corrected chi connectivity index (χ2v) is 10.6. The number of oxime groups is 1. The van der Waals surface area contributed by atoms with E-state index in [-0.39, 0.29) is 28.8 Å². The number of alkyl halides is 1. The summed E-state index contributed by atoms with van der Waals surface area (Å²) in [5.74, 6) is -2.26. The zero-order valence-electron chi connectivity index (χ0n) is 16.5. The zero-order chi connectivity index (χ0) is 23.5. The fourth-order valence-electron chi connectivity index (χ4n) is 2.99. The van der Waals surface area contributed by atoms with Crippen molar-refractivity contribution in [2.24, 2.45) is 5.16 Å². The molecule has 2 amide bonds. The van der Waals surface area contributed by atoms with Gasteiger partial charge in [-0.1, -0.05) is 16.9 Å². The third-order valence-electron chi connectivity index (χ3n) is 4.35. The minimum Gasteiger partial charge on any atom is -0.477 e. The summed E-state index contributed by atoms with van der Waals surface area (Å²) >= 11 is 4.96. The molecule has 0 saturated carbocycles. The first kappa shape index (κ1) is 23.5. The summed E-state index contributed by atoms with van der Waals surface area (Å²) in [5.41, 5.74) is 5.34. The maximum Gasteiger partial charge on any atom is 0.353 e. The van der Waals surface area contributed by atoms with Gasteiger partial charge < -0.3 is 21.0 Å². The number of rotatable bonds is 9. The second kappa shape index (κ2) is 10.1. The van der Waals surface area contributed by atoms with Crippen LogP contribution < -0.4 is 11.1 Å². The standard InChI is InChI=1S/C17H15FN6O5S4/c18-1-3-29-23-9(7-5-32-16(19)21-7)12(25)22-10-13(26)24-11(15(27)28)8(6-31-14(10)24)33-17-20-2-4-30-17/h2,4-5,10,14H,1,3,6H2,(H2,19,21)(H,22,25)(H,27,28)/b23-9-/t10-,14+/m1/s1. The molecule has 0 bridgehead atoms. The van der Waals surface area contributed by atoms with Crippen LogP contribution in [0.25, 0.3) is 0 Å². The summed E-state index contributed by atoms with van der Waals surface area (Å²) in [6, 6.07) is -0.981. The summed E-state index contributed by atoms with van der Waals surface area (Å²) in [7, 11) is 0. The predicted molar refractivity (Wildman–Crippen MR) is 123 cm³/mol. The Morgan fingerprint density at radius 3 is 2.91 bits per heavy atom. The first-order chi connectivity index (χ1) is 15.9. The van der Waals surface area contributed by atoms with Gasteiger partial charge in [0.05, 0.1) is 0 Å². The highest BCUT2D eigenvalue weighted by Crippen LogP contribution is 2.45. The first-order valence-electron chi connectivity index (χ1n) is 9.17. The SMILES string of the molecule is Nc1nc(/C(=N/OCCF)C(=O)N[C@@H]2C(=O)N3C(C(=O)O)=C(Sc4nccs4)CS[C@@H]23)cs1. The van der Waals surface area contributed by atoms with Crippen LogP contribution in [0.2, 0.25) is 0 Å². The summed E-state index contributed by atoms with van der Waals surface area (Å²) in [6.07, 6.45) is 1.61. The van der Waals surface area contributed by atoms with Gasteiger partial charge in [-0.25, -0.2) is 19.2 Å². The fraction of sp³-hybridized carbons (Fsp3) is 0.294. The number of halogens is 1. The molecular formula is C17H15FN6O5S4. The van der Waals surface area contributed by atoms with Crippen molar-refractivity contribution in [2.45, 2.75) is 15.8 Å². The molecule has 2 aliphatic heterocycles. The van der Waals surface area contributed by atoms with Gasteiger partial charge in [-0.3, -0.25) is 14.5 Å². The van der Waals surface area contributed by atoms with Crippen LogP contribution in [0, 0.1) is 0 Å². The molecule has 1 saturated heterocycles. The average molecular weight is 531 g/mol. The van der Waals surface area contributed by atoms with Gasteiger partial charge in [0.15, 0.2) is 15.2 Å². The van der Waals surface area contributed by atoms with Gasteiger partial charge in [0.2, 0.25) is 0 Å². The number of aliphatic carboxylic acids is 1. The number of nitrogens with two attached hydrogens (primary N) is 1. The van der Waals surface area contributed by atoms with E-state index in [1.807, 2.05) is 0 Å². The molecular weight excluding hydrogens is 515 g/mol. The number of hydrogen-bond acceptors (Lipinski definition) is 12. The van der Waals surface area contributed by atoms with Crippen molar-refractivity contribution < 1.29 is 28.7 Å². The number of fused-ring (bicyclic) bond motifs is 1. The largest absolute Gasteiger partial charge is 0.477 e. The van der Waals surface area contributed by atoms with Crippen LogP contribution in [0.1, 0.15) is 5.69 Å². The van der Waals surface area contributed by atoms with Gasteiger partial charge in [-0.05, 0) is 0 Å². The molecule has 16 heteroatoms. The van der Waals surface area contributed by atoms with E-state index >= 15 is 0 Å². The van der Waals surface area contributed by atoms with E-state index in [9.17, 15) is 23.9 Å². The number of carboxylic acids is 1. The minimum absolute atomic E-state index is 0.113. The van der Waals surface area contributed by atoms with Gasteiger partial charge in [-0.15, -0.1) is 34.4 Å². The van der Waals surface area contributed by atoms with E-state index < -0.39 is 35.9 Å². The number of amides is 2. The Bertz CT molecular complexity index is 1140. The number of nitrogen functional groups attached to an aromatic ring is 1. The molecule has 4 heterocycles. The molecule has 33 heavy (non-hydrogen) atoms. The molecule has 0 radical (unpaired) electrons. The highest BCUT2D eigenvalue weighted by atomic mass is 32.2. The van der Waals surface area contributed by atoms with Crippen LogP contribution in [0.4, 0.5) is 9.52 Å². The quantitative estimate of drug-likeness (QED) is 0.187. The lowest BCUT2D eigenvalue weighted by molar-refractivity contribution is -0.150. The number of hydrogen-bond donors (Lipinski definition) is 3. The van der Waals surface area contributed by atoms with Crippen LogP contribution in [-0.2, 0) is 19.2 Å². The fourth-order valence-corrected chi connectivity index (χ4v) is 6.80. The smallest absolute Gasteiger partial charge is 0.353 e. The van der Waals surface area contributed by atoms with Gasteiger partial charge >= 0.3 is 5.97 Å². The maximum absolute atomic E-state index is 12.9. The van der Waals surface area contributed by atoms with Crippen molar-refractivity contribution in [1.82, 2.24) is 20.2 Å². The van der Waals surface area contributed by atoms with Gasteiger partial charge in [0, 0.05) is 27.6 Å². The predicted octanol–water partition coefficient (Wildman–Crippen LogP) is 1.36. The van der Waals surface area contributed by atoms with Crippen molar-refractivity contribution in [3.63, 3.8) is 0 Å². The average Bonchev–Trinajstić information content (AvgIpc) is 3.46. The maximum atomic E-state index is 12.9. The lowest BCUT2D eigenvalue weighted by Gasteiger charge is -2.49. The summed E-state index contributed by atoms with van der Waals surface area (Å²) in [4.78, 5) is 52.2. The molecule has 0 aliphatic carbocycles. The normalized spacial score (nSPS) is 20.3. The molecule has 4 N–H and O–H groups in total. The Balaban J connectivity index is 1.52. The Labute approximate surface area is 202 Å². The first-order valence-corrected chi connectivity index (χ1v) is 12.8. The molecule has 0 unspecified atom stereocenters. The summed E-state index contributed by atoms with van der Waals surface area (Å²) in [6.45, 7) is -1.17. The number of thiazole rings is 2. The summed E-state index contributed by atoms with van der Waals surface area (Å²) in [5, 5.41) is 18.8. The van der Waals surface area contributed by atoms with Crippen LogP contribution in [0.3, 0.4) is 0 Å². The molecule has 0 aromatic carbocycles. The molecule has 1 fully saturated rings. The lowest BCUT2D eigenvalue weighted by atomic mass is 10.0. The summed E-state index contributed by atoms with van der Waals surface area (Å²) < 4.78 is 13.0. The Morgan fingerprint density at radius 2 is 2.27 bits per heavy atom. The van der Waals surface area contributed by atoms with Crippen LogP contribution in [0.15, 0.2) is 37.1 Å². The van der Waals surface area contributed by atoms with Crippen LogP contribution in [0.5, 0.6) is 0 Å². The van der Waals surface area contributed by atoms with E-state index in [0.29, 0.717) is 15.0 Å². The van der Waals surface area contributed by atoms with E-state index in [2.05, 4.69) is 20.4 Å². The molecule has 2 aliphatic rings. The number of β-lactam (4-membered cyclic amide) rings is 1. The van der Waals surface area contributed by atoms with Crippen molar-refractivity contribution in [3.8, 4) is 0 Å². The monoisotopic (exact) mass is 530 g/mol. The minimum atomic E-state index is -1.24. The van der Waals surface area contributed by atoms with Gasteiger partial charge in [0.1, 0.15) is 36.1 Å². The second-order valence-electron chi connectivity index (χ2n) is 6.37. The van der Waals surface area contributed by atoms with E-state index in [1.54, 1.807) is 11.6 Å².